The molecule has 0 unspecified atom stereocenters. The Morgan fingerprint density at radius 1 is 0.600 bits per heavy atom. The molecule has 3 aromatic rings. The van der Waals surface area contributed by atoms with Crippen LogP contribution in [0.2, 0.25) is 0 Å². The molecule has 0 aliphatic heterocycles. The molecule has 0 bridgehead atoms. The fourth-order valence-corrected chi connectivity index (χ4v) is 3.65. The van der Waals surface area contributed by atoms with Gasteiger partial charge in [-0.05, 0) is 58.0 Å². The summed E-state index contributed by atoms with van der Waals surface area (Å²) in [6.45, 7) is 0. The van der Waals surface area contributed by atoms with Crippen molar-refractivity contribution in [2.45, 2.75) is 38.0 Å². The predicted octanol–water partition coefficient (Wildman–Crippen LogP) is 6.04. The molecule has 0 N–H and O–H groups in total. The van der Waals surface area contributed by atoms with E-state index in [0.29, 0.717) is 0 Å². The van der Waals surface area contributed by atoms with E-state index >= 15 is 0 Å². The SMILES string of the molecule is c1ccc2cc3cc(C4CCCCC4)ccc3cc2c1. The Bertz CT molecular complexity index is 748. The van der Waals surface area contributed by atoms with Gasteiger partial charge in [0.1, 0.15) is 0 Å². The summed E-state index contributed by atoms with van der Waals surface area (Å²) >= 11 is 0. The zero-order valence-electron chi connectivity index (χ0n) is 11.8. The lowest BCUT2D eigenvalue weighted by Crippen LogP contribution is -2.04. The highest BCUT2D eigenvalue weighted by molar-refractivity contribution is 5.98. The van der Waals surface area contributed by atoms with Crippen molar-refractivity contribution in [3.8, 4) is 0 Å². The molecule has 1 aliphatic carbocycles. The normalized spacial score (nSPS) is 16.8. The van der Waals surface area contributed by atoms with Crippen LogP contribution in [0.3, 0.4) is 0 Å². The Morgan fingerprint density at radius 3 is 2.00 bits per heavy atom. The van der Waals surface area contributed by atoms with E-state index in [2.05, 4.69) is 54.6 Å². The number of fused-ring (bicyclic) bond motifs is 2. The van der Waals surface area contributed by atoms with Crippen LogP contribution in [-0.2, 0) is 0 Å². The smallest absolute Gasteiger partial charge is 0.0162 e. The molecular weight excluding hydrogens is 240 g/mol. The Kier molecular flexibility index (Phi) is 2.95. The van der Waals surface area contributed by atoms with Gasteiger partial charge < -0.3 is 0 Å². The zero-order valence-corrected chi connectivity index (χ0v) is 11.8. The highest BCUT2D eigenvalue weighted by Crippen LogP contribution is 2.34. The van der Waals surface area contributed by atoms with Gasteiger partial charge in [0.25, 0.3) is 0 Å². The molecule has 0 radical (unpaired) electrons. The lowest BCUT2D eigenvalue weighted by molar-refractivity contribution is 0.444. The number of hydrogen-bond donors (Lipinski definition) is 0. The molecule has 1 aliphatic rings. The Balaban J connectivity index is 1.83. The largest absolute Gasteiger partial charge is 0.0616 e. The van der Waals surface area contributed by atoms with E-state index in [1.807, 2.05) is 0 Å². The minimum absolute atomic E-state index is 0.791. The Hall–Kier alpha value is -1.82. The summed E-state index contributed by atoms with van der Waals surface area (Å²) in [4.78, 5) is 0. The number of rotatable bonds is 1. The second-order valence-corrected chi connectivity index (χ2v) is 6.14. The molecule has 0 amide bonds. The van der Waals surface area contributed by atoms with Crippen molar-refractivity contribution in [3.63, 3.8) is 0 Å². The Morgan fingerprint density at radius 2 is 1.25 bits per heavy atom. The van der Waals surface area contributed by atoms with E-state index in [1.165, 1.54) is 53.6 Å². The molecule has 20 heavy (non-hydrogen) atoms. The van der Waals surface area contributed by atoms with Crippen LogP contribution < -0.4 is 0 Å². The summed E-state index contributed by atoms with van der Waals surface area (Å²) in [5.41, 5.74) is 1.55. The van der Waals surface area contributed by atoms with Crippen molar-refractivity contribution >= 4 is 21.5 Å². The second-order valence-electron chi connectivity index (χ2n) is 6.14. The van der Waals surface area contributed by atoms with Gasteiger partial charge >= 0.3 is 0 Å². The van der Waals surface area contributed by atoms with Crippen molar-refractivity contribution in [1.82, 2.24) is 0 Å². The first-order valence-electron chi connectivity index (χ1n) is 7.83. The van der Waals surface area contributed by atoms with Crippen LogP contribution in [0.1, 0.15) is 43.6 Å². The third-order valence-corrected chi connectivity index (χ3v) is 4.81. The van der Waals surface area contributed by atoms with Gasteiger partial charge in [0.15, 0.2) is 0 Å². The van der Waals surface area contributed by atoms with Gasteiger partial charge in [-0.15, -0.1) is 0 Å². The first-order chi connectivity index (χ1) is 9.90. The fourth-order valence-electron chi connectivity index (χ4n) is 3.65. The van der Waals surface area contributed by atoms with Crippen LogP contribution in [0.4, 0.5) is 0 Å². The maximum atomic E-state index is 2.43. The first-order valence-corrected chi connectivity index (χ1v) is 7.83. The average Bonchev–Trinajstić information content (AvgIpc) is 2.53. The molecule has 0 heterocycles. The summed E-state index contributed by atoms with van der Waals surface area (Å²) in [6, 6.07) is 20.4. The molecule has 0 spiro atoms. The van der Waals surface area contributed by atoms with E-state index < -0.39 is 0 Å². The third kappa shape index (κ3) is 2.10. The van der Waals surface area contributed by atoms with Crippen LogP contribution in [0.15, 0.2) is 54.6 Å². The molecule has 3 aromatic carbocycles. The molecule has 100 valence electrons. The van der Waals surface area contributed by atoms with E-state index in [1.54, 1.807) is 5.56 Å². The first kappa shape index (κ1) is 12.0. The molecule has 4 rings (SSSR count). The maximum Gasteiger partial charge on any atom is -0.0162 e. The Labute approximate surface area is 120 Å². The van der Waals surface area contributed by atoms with Gasteiger partial charge in [-0.1, -0.05) is 61.7 Å². The lowest BCUT2D eigenvalue weighted by Gasteiger charge is -2.22. The van der Waals surface area contributed by atoms with E-state index in [-0.39, 0.29) is 0 Å². The topological polar surface area (TPSA) is 0 Å². The standard InChI is InChI=1S/C20H20/c1-2-6-15(7-3-1)18-10-11-19-12-16-8-4-5-9-17(16)13-20(19)14-18/h4-5,8-15H,1-3,6-7H2. The molecule has 0 heteroatoms. The maximum absolute atomic E-state index is 2.43. The van der Waals surface area contributed by atoms with Crippen LogP contribution in [0, 0.1) is 0 Å². The molecule has 0 nitrogen and oxygen atoms in total. The summed E-state index contributed by atoms with van der Waals surface area (Å²) in [5, 5.41) is 5.45. The molecule has 0 aromatic heterocycles. The van der Waals surface area contributed by atoms with Crippen LogP contribution in [0.25, 0.3) is 21.5 Å². The second kappa shape index (κ2) is 4.94. The summed E-state index contributed by atoms with van der Waals surface area (Å²) < 4.78 is 0. The van der Waals surface area contributed by atoms with Crippen molar-refractivity contribution < 1.29 is 0 Å². The van der Waals surface area contributed by atoms with Gasteiger partial charge in [0, 0.05) is 0 Å². The molecule has 1 saturated carbocycles. The van der Waals surface area contributed by atoms with Crippen LogP contribution in [0.5, 0.6) is 0 Å². The minimum atomic E-state index is 0.791. The lowest BCUT2D eigenvalue weighted by atomic mass is 9.83. The molecular formula is C20H20. The van der Waals surface area contributed by atoms with E-state index in [0.717, 1.165) is 5.92 Å². The third-order valence-electron chi connectivity index (χ3n) is 4.81. The van der Waals surface area contributed by atoms with Crippen molar-refractivity contribution in [2.75, 3.05) is 0 Å². The van der Waals surface area contributed by atoms with Gasteiger partial charge in [-0.2, -0.15) is 0 Å². The summed E-state index contributed by atoms with van der Waals surface area (Å²) in [7, 11) is 0. The number of hydrogen-bond acceptors (Lipinski definition) is 0. The van der Waals surface area contributed by atoms with Crippen LogP contribution in [-0.4, -0.2) is 0 Å². The van der Waals surface area contributed by atoms with E-state index in [4.69, 9.17) is 0 Å². The summed E-state index contributed by atoms with van der Waals surface area (Å²) in [6.07, 6.45) is 6.98. The molecule has 1 fully saturated rings. The quantitative estimate of drug-likeness (QED) is 0.468. The highest BCUT2D eigenvalue weighted by atomic mass is 14.2. The minimum Gasteiger partial charge on any atom is -0.0616 e. The van der Waals surface area contributed by atoms with Crippen molar-refractivity contribution in [2.24, 2.45) is 0 Å². The predicted molar refractivity (Wildman–Crippen MR) is 87.3 cm³/mol. The monoisotopic (exact) mass is 260 g/mol. The molecule has 0 saturated heterocycles. The highest BCUT2D eigenvalue weighted by Gasteiger charge is 2.15. The van der Waals surface area contributed by atoms with Gasteiger partial charge in [-0.25, -0.2) is 0 Å². The van der Waals surface area contributed by atoms with Gasteiger partial charge in [0.2, 0.25) is 0 Å². The zero-order chi connectivity index (χ0) is 13.4. The van der Waals surface area contributed by atoms with Gasteiger partial charge in [-0.3, -0.25) is 0 Å². The van der Waals surface area contributed by atoms with Crippen molar-refractivity contribution in [1.29, 1.82) is 0 Å². The van der Waals surface area contributed by atoms with Crippen LogP contribution >= 0.6 is 0 Å². The number of benzene rings is 3. The van der Waals surface area contributed by atoms with Crippen molar-refractivity contribution in [3.05, 3.63) is 60.2 Å². The average molecular weight is 260 g/mol. The van der Waals surface area contributed by atoms with E-state index in [9.17, 15) is 0 Å². The van der Waals surface area contributed by atoms with Gasteiger partial charge in [0.05, 0.1) is 0 Å². The fraction of sp³-hybridized carbons (Fsp3) is 0.300. The molecule has 0 atom stereocenters. The summed E-state index contributed by atoms with van der Waals surface area (Å²) in [5.74, 6) is 0.791.